The summed E-state index contributed by atoms with van der Waals surface area (Å²) < 4.78 is 13.6. The second-order valence-electron chi connectivity index (χ2n) is 8.02. The maximum absolute atomic E-state index is 12.5. The molecule has 0 aliphatic carbocycles. The Morgan fingerprint density at radius 2 is 1.91 bits per heavy atom. The SMILES string of the molecule is Cc1ccccc1NC(=O)CSc1nnc(Cc2ccc3c(c2)OCCCO3)n1C(C)C. The van der Waals surface area contributed by atoms with Crippen molar-refractivity contribution < 1.29 is 14.3 Å². The van der Waals surface area contributed by atoms with Crippen molar-refractivity contribution in [3.8, 4) is 11.5 Å². The van der Waals surface area contributed by atoms with E-state index in [4.69, 9.17) is 9.47 Å². The number of nitrogens with zero attached hydrogens (tertiary/aromatic N) is 3. The van der Waals surface area contributed by atoms with Crippen LogP contribution in [0, 0.1) is 6.92 Å². The van der Waals surface area contributed by atoms with Crippen molar-refractivity contribution in [2.45, 2.75) is 44.8 Å². The van der Waals surface area contributed by atoms with Crippen molar-refractivity contribution in [2.24, 2.45) is 0 Å². The van der Waals surface area contributed by atoms with Gasteiger partial charge in [0.25, 0.3) is 0 Å². The number of fused-ring (bicyclic) bond motifs is 1. The Balaban J connectivity index is 1.45. The molecule has 32 heavy (non-hydrogen) atoms. The van der Waals surface area contributed by atoms with Crippen LogP contribution < -0.4 is 14.8 Å². The van der Waals surface area contributed by atoms with Gasteiger partial charge in [-0.3, -0.25) is 4.79 Å². The van der Waals surface area contributed by atoms with Gasteiger partial charge in [0.1, 0.15) is 5.82 Å². The number of amides is 1. The van der Waals surface area contributed by atoms with Crippen molar-refractivity contribution in [3.63, 3.8) is 0 Å². The number of aryl methyl sites for hydroxylation is 1. The average Bonchev–Trinajstić information content (AvgIpc) is 3.02. The number of thioether (sulfide) groups is 1. The molecule has 1 aliphatic heterocycles. The van der Waals surface area contributed by atoms with Crippen LogP contribution in [0.2, 0.25) is 0 Å². The van der Waals surface area contributed by atoms with E-state index >= 15 is 0 Å². The molecule has 0 bridgehead atoms. The summed E-state index contributed by atoms with van der Waals surface area (Å²) in [6, 6.07) is 13.9. The normalized spacial score (nSPS) is 13.1. The number of aromatic nitrogens is 3. The van der Waals surface area contributed by atoms with Gasteiger partial charge in [-0.05, 0) is 50.1 Å². The van der Waals surface area contributed by atoms with Crippen molar-refractivity contribution in [3.05, 3.63) is 59.4 Å². The summed E-state index contributed by atoms with van der Waals surface area (Å²) in [6.07, 6.45) is 1.50. The Labute approximate surface area is 192 Å². The van der Waals surface area contributed by atoms with E-state index in [1.54, 1.807) is 0 Å². The Hall–Kier alpha value is -3.00. The van der Waals surface area contributed by atoms with Gasteiger partial charge >= 0.3 is 0 Å². The van der Waals surface area contributed by atoms with E-state index < -0.39 is 0 Å². The van der Waals surface area contributed by atoms with E-state index in [1.165, 1.54) is 11.8 Å². The minimum absolute atomic E-state index is 0.0629. The Kier molecular flexibility index (Phi) is 6.99. The number of nitrogens with one attached hydrogen (secondary N) is 1. The zero-order chi connectivity index (χ0) is 22.5. The Morgan fingerprint density at radius 3 is 2.69 bits per heavy atom. The topological polar surface area (TPSA) is 78.3 Å². The van der Waals surface area contributed by atoms with Gasteiger partial charge in [-0.25, -0.2) is 0 Å². The van der Waals surface area contributed by atoms with E-state index in [1.807, 2.05) is 49.4 Å². The monoisotopic (exact) mass is 452 g/mol. The second kappa shape index (κ2) is 10.1. The van der Waals surface area contributed by atoms with E-state index in [9.17, 15) is 4.79 Å². The quantitative estimate of drug-likeness (QED) is 0.526. The van der Waals surface area contributed by atoms with E-state index in [2.05, 4.69) is 33.9 Å². The third-order valence-electron chi connectivity index (χ3n) is 5.18. The largest absolute Gasteiger partial charge is 0.490 e. The summed E-state index contributed by atoms with van der Waals surface area (Å²) in [6.45, 7) is 7.50. The molecular formula is C24H28N4O3S. The number of carbonyl (C=O) groups is 1. The maximum atomic E-state index is 12.5. The van der Waals surface area contributed by atoms with Crippen LogP contribution >= 0.6 is 11.8 Å². The molecule has 0 spiro atoms. The minimum atomic E-state index is -0.0629. The molecule has 0 fully saturated rings. The molecule has 8 heteroatoms. The third kappa shape index (κ3) is 5.24. The molecule has 0 saturated heterocycles. The summed E-state index contributed by atoms with van der Waals surface area (Å²) in [7, 11) is 0. The molecule has 0 unspecified atom stereocenters. The van der Waals surface area contributed by atoms with Crippen LogP contribution in [0.15, 0.2) is 47.6 Å². The molecule has 0 radical (unpaired) electrons. The molecule has 1 N–H and O–H groups in total. The predicted molar refractivity (Wildman–Crippen MR) is 126 cm³/mol. The van der Waals surface area contributed by atoms with E-state index in [0.29, 0.717) is 19.6 Å². The molecule has 1 aromatic heterocycles. The van der Waals surface area contributed by atoms with Crippen LogP contribution in [0.1, 0.15) is 43.3 Å². The van der Waals surface area contributed by atoms with Crippen molar-refractivity contribution in [2.75, 3.05) is 24.3 Å². The first-order valence-electron chi connectivity index (χ1n) is 10.8. The predicted octanol–water partition coefficient (Wildman–Crippen LogP) is 4.65. The van der Waals surface area contributed by atoms with Gasteiger partial charge in [0.2, 0.25) is 5.91 Å². The lowest BCUT2D eigenvalue weighted by Gasteiger charge is -2.14. The fourth-order valence-electron chi connectivity index (χ4n) is 3.57. The van der Waals surface area contributed by atoms with Gasteiger partial charge in [-0.15, -0.1) is 10.2 Å². The van der Waals surface area contributed by atoms with Gasteiger partial charge in [0, 0.05) is 24.6 Å². The zero-order valence-electron chi connectivity index (χ0n) is 18.6. The first-order valence-corrected chi connectivity index (χ1v) is 11.8. The summed E-state index contributed by atoms with van der Waals surface area (Å²) >= 11 is 1.40. The highest BCUT2D eigenvalue weighted by molar-refractivity contribution is 7.99. The number of benzene rings is 2. The fraction of sp³-hybridized carbons (Fsp3) is 0.375. The second-order valence-corrected chi connectivity index (χ2v) is 8.97. The Morgan fingerprint density at radius 1 is 1.12 bits per heavy atom. The van der Waals surface area contributed by atoms with Crippen molar-refractivity contribution in [1.82, 2.24) is 14.8 Å². The lowest BCUT2D eigenvalue weighted by molar-refractivity contribution is -0.113. The van der Waals surface area contributed by atoms with Gasteiger partial charge in [-0.2, -0.15) is 0 Å². The van der Waals surface area contributed by atoms with Crippen LogP contribution in [0.3, 0.4) is 0 Å². The number of rotatable bonds is 7. The van der Waals surface area contributed by atoms with Crippen LogP contribution in [0.5, 0.6) is 11.5 Å². The number of carbonyl (C=O) groups excluding carboxylic acids is 1. The highest BCUT2D eigenvalue weighted by atomic mass is 32.2. The minimum Gasteiger partial charge on any atom is -0.490 e. The molecular weight excluding hydrogens is 424 g/mol. The molecule has 3 aromatic rings. The van der Waals surface area contributed by atoms with E-state index in [-0.39, 0.29) is 17.7 Å². The first-order chi connectivity index (χ1) is 15.5. The molecule has 0 saturated carbocycles. The number of anilines is 1. The van der Waals surface area contributed by atoms with Gasteiger partial charge < -0.3 is 19.4 Å². The van der Waals surface area contributed by atoms with Crippen LogP contribution in [-0.4, -0.2) is 39.6 Å². The number of para-hydroxylation sites is 1. The van der Waals surface area contributed by atoms with E-state index in [0.717, 1.165) is 45.7 Å². The highest BCUT2D eigenvalue weighted by Gasteiger charge is 2.18. The molecule has 168 valence electrons. The van der Waals surface area contributed by atoms with Gasteiger partial charge in [-0.1, -0.05) is 36.0 Å². The lowest BCUT2D eigenvalue weighted by atomic mass is 10.1. The van der Waals surface area contributed by atoms with Crippen molar-refractivity contribution >= 4 is 23.4 Å². The Bertz CT molecular complexity index is 1100. The number of hydrogen-bond acceptors (Lipinski definition) is 6. The summed E-state index contributed by atoms with van der Waals surface area (Å²) in [5, 5.41) is 12.5. The molecule has 2 aromatic carbocycles. The standard InChI is InChI=1S/C24H28N4O3S/c1-16(2)28-22(14-18-9-10-20-21(13-18)31-12-6-11-30-20)26-27-24(28)32-15-23(29)25-19-8-5-4-7-17(19)3/h4-5,7-10,13,16H,6,11-12,14-15H2,1-3H3,(H,25,29). The molecule has 1 aliphatic rings. The summed E-state index contributed by atoms with van der Waals surface area (Å²) in [5.74, 6) is 2.62. The zero-order valence-corrected chi connectivity index (χ0v) is 19.4. The fourth-order valence-corrected chi connectivity index (χ4v) is 4.46. The van der Waals surface area contributed by atoms with Gasteiger partial charge in [0.15, 0.2) is 16.7 Å². The van der Waals surface area contributed by atoms with Crippen LogP contribution in [0.25, 0.3) is 0 Å². The summed E-state index contributed by atoms with van der Waals surface area (Å²) in [4.78, 5) is 12.5. The molecule has 2 heterocycles. The summed E-state index contributed by atoms with van der Waals surface area (Å²) in [5.41, 5.74) is 2.95. The highest BCUT2D eigenvalue weighted by Crippen LogP contribution is 2.31. The smallest absolute Gasteiger partial charge is 0.234 e. The number of ether oxygens (including phenoxy) is 2. The number of hydrogen-bond donors (Lipinski definition) is 1. The van der Waals surface area contributed by atoms with Crippen LogP contribution in [0.4, 0.5) is 5.69 Å². The maximum Gasteiger partial charge on any atom is 0.234 e. The molecule has 1 amide bonds. The molecule has 4 rings (SSSR count). The van der Waals surface area contributed by atoms with Crippen LogP contribution in [-0.2, 0) is 11.2 Å². The first kappa shape index (κ1) is 22.2. The average molecular weight is 453 g/mol. The van der Waals surface area contributed by atoms with Crippen molar-refractivity contribution in [1.29, 1.82) is 0 Å². The van der Waals surface area contributed by atoms with Gasteiger partial charge in [0.05, 0.1) is 19.0 Å². The molecule has 7 nitrogen and oxygen atoms in total. The lowest BCUT2D eigenvalue weighted by Crippen LogP contribution is -2.16. The third-order valence-corrected chi connectivity index (χ3v) is 6.12. The molecule has 0 atom stereocenters.